The Labute approximate surface area is 207 Å². The highest BCUT2D eigenvalue weighted by Gasteiger charge is 2.40. The predicted octanol–water partition coefficient (Wildman–Crippen LogP) is 4.58. The number of rotatable bonds is 7. The van der Waals surface area contributed by atoms with Gasteiger partial charge >= 0.3 is 0 Å². The number of hydrogen-bond donors (Lipinski definition) is 1. The van der Waals surface area contributed by atoms with Gasteiger partial charge in [0.1, 0.15) is 28.2 Å². The van der Waals surface area contributed by atoms with Crippen molar-refractivity contribution < 1.29 is 18.7 Å². The van der Waals surface area contributed by atoms with E-state index in [0.717, 1.165) is 22.9 Å². The minimum absolute atomic E-state index is 0.142. The van der Waals surface area contributed by atoms with Gasteiger partial charge in [-0.25, -0.2) is 4.39 Å². The molecule has 4 rings (SSSR count). The Morgan fingerprint density at radius 3 is 2.37 bits per heavy atom. The number of thioether (sulfide) groups is 1. The van der Waals surface area contributed by atoms with Crippen LogP contribution >= 0.6 is 11.8 Å². The maximum absolute atomic E-state index is 13.5. The summed E-state index contributed by atoms with van der Waals surface area (Å²) in [6.45, 7) is 0.248. The molecule has 3 aromatic rings. The van der Waals surface area contributed by atoms with Crippen LogP contribution in [0, 0.1) is 17.1 Å². The second-order valence-electron chi connectivity index (χ2n) is 7.77. The summed E-state index contributed by atoms with van der Waals surface area (Å²) in [6.07, 6.45) is 0.324. The smallest absolute Gasteiger partial charge is 0.264 e. The van der Waals surface area contributed by atoms with Gasteiger partial charge in [0.25, 0.3) is 5.91 Å². The molecule has 1 aliphatic rings. The molecular weight excluding hydrogens is 465 g/mol. The SMILES string of the molecule is COc1ccc(N2C(=O)C(Cc3ccc(F)cc3)S/C2=C(/C#N)C(=O)NCc2ccccc2)cc1. The van der Waals surface area contributed by atoms with Crippen molar-refractivity contribution in [3.8, 4) is 11.8 Å². The highest BCUT2D eigenvalue weighted by Crippen LogP contribution is 2.42. The Bertz CT molecular complexity index is 1290. The Hall–Kier alpha value is -4.09. The minimum Gasteiger partial charge on any atom is -0.497 e. The fraction of sp³-hybridized carbons (Fsp3) is 0.148. The molecule has 8 heteroatoms. The zero-order valence-electron chi connectivity index (χ0n) is 18.9. The Morgan fingerprint density at radius 1 is 1.06 bits per heavy atom. The summed E-state index contributed by atoms with van der Waals surface area (Å²) in [4.78, 5) is 27.9. The average molecular weight is 488 g/mol. The number of benzene rings is 3. The van der Waals surface area contributed by atoms with Crippen LogP contribution in [0.1, 0.15) is 11.1 Å². The van der Waals surface area contributed by atoms with Crippen molar-refractivity contribution >= 4 is 29.3 Å². The van der Waals surface area contributed by atoms with Gasteiger partial charge in [0.05, 0.1) is 12.4 Å². The molecule has 0 radical (unpaired) electrons. The standard InChI is InChI=1S/C27H22FN3O3S/c1-34-22-13-11-21(12-14-22)31-26(33)24(15-18-7-9-20(28)10-8-18)35-27(31)23(16-29)25(32)30-17-19-5-3-2-4-6-19/h2-14,24H,15,17H2,1H3,(H,30,32)/b27-23-. The van der Waals surface area contributed by atoms with Crippen molar-refractivity contribution in [1.82, 2.24) is 5.32 Å². The predicted molar refractivity (Wildman–Crippen MR) is 133 cm³/mol. The first-order valence-corrected chi connectivity index (χ1v) is 11.7. The van der Waals surface area contributed by atoms with Crippen molar-refractivity contribution in [1.29, 1.82) is 5.26 Å². The third-order valence-electron chi connectivity index (χ3n) is 5.47. The van der Waals surface area contributed by atoms with Gasteiger partial charge in [0.15, 0.2) is 0 Å². The summed E-state index contributed by atoms with van der Waals surface area (Å²) in [7, 11) is 1.54. The second-order valence-corrected chi connectivity index (χ2v) is 8.96. The van der Waals surface area contributed by atoms with E-state index in [1.54, 1.807) is 43.5 Å². The van der Waals surface area contributed by atoms with Gasteiger partial charge in [-0.15, -0.1) is 0 Å². The van der Waals surface area contributed by atoms with Crippen molar-refractivity contribution in [2.45, 2.75) is 18.2 Å². The normalized spacial score (nSPS) is 16.5. The molecule has 2 amide bonds. The summed E-state index contributed by atoms with van der Waals surface area (Å²) in [5.74, 6) is -0.570. The third-order valence-corrected chi connectivity index (χ3v) is 6.73. The maximum Gasteiger partial charge on any atom is 0.264 e. The van der Waals surface area contributed by atoms with Crippen LogP contribution < -0.4 is 15.0 Å². The van der Waals surface area contributed by atoms with Crippen molar-refractivity contribution in [2.75, 3.05) is 12.0 Å². The lowest BCUT2D eigenvalue weighted by atomic mass is 10.1. The number of nitrogens with one attached hydrogen (secondary N) is 1. The zero-order chi connectivity index (χ0) is 24.8. The summed E-state index contributed by atoms with van der Waals surface area (Å²) in [6, 6.07) is 24.1. The molecule has 1 N–H and O–H groups in total. The molecule has 1 heterocycles. The lowest BCUT2D eigenvalue weighted by Gasteiger charge is -2.19. The lowest BCUT2D eigenvalue weighted by Crippen LogP contribution is -2.32. The number of halogens is 1. The largest absolute Gasteiger partial charge is 0.497 e. The van der Waals surface area contributed by atoms with E-state index < -0.39 is 11.2 Å². The van der Waals surface area contributed by atoms with Crippen LogP contribution in [0.5, 0.6) is 5.75 Å². The average Bonchev–Trinajstić information content (AvgIpc) is 3.20. The van der Waals surface area contributed by atoms with Crippen LogP contribution in [-0.4, -0.2) is 24.2 Å². The second kappa shape index (κ2) is 10.9. The Balaban J connectivity index is 1.67. The van der Waals surface area contributed by atoms with E-state index in [2.05, 4.69) is 5.32 Å². The first-order valence-electron chi connectivity index (χ1n) is 10.9. The van der Waals surface area contributed by atoms with Gasteiger partial charge in [-0.2, -0.15) is 5.26 Å². The molecule has 176 valence electrons. The number of hydrogen-bond acceptors (Lipinski definition) is 5. The fourth-order valence-corrected chi connectivity index (χ4v) is 4.96. The van der Waals surface area contributed by atoms with E-state index >= 15 is 0 Å². The molecule has 0 aliphatic carbocycles. The Kier molecular flexibility index (Phi) is 7.48. The van der Waals surface area contributed by atoms with Crippen molar-refractivity contribution in [3.05, 3.63) is 106 Å². The van der Waals surface area contributed by atoms with Crippen LogP contribution in [-0.2, 0) is 22.6 Å². The number of ether oxygens (including phenoxy) is 1. The molecule has 35 heavy (non-hydrogen) atoms. The number of nitrogens with zero attached hydrogens (tertiary/aromatic N) is 2. The molecule has 1 unspecified atom stereocenters. The zero-order valence-corrected chi connectivity index (χ0v) is 19.7. The number of carbonyl (C=O) groups excluding carboxylic acids is 2. The molecule has 6 nitrogen and oxygen atoms in total. The monoisotopic (exact) mass is 487 g/mol. The third kappa shape index (κ3) is 5.53. The van der Waals surface area contributed by atoms with E-state index in [0.29, 0.717) is 17.9 Å². The Morgan fingerprint density at radius 2 is 1.74 bits per heavy atom. The van der Waals surface area contributed by atoms with Crippen LogP contribution in [0.25, 0.3) is 0 Å². The molecular formula is C27H22FN3O3S. The number of carbonyl (C=O) groups is 2. The molecule has 0 aromatic heterocycles. The van der Waals surface area contributed by atoms with Crippen molar-refractivity contribution in [2.24, 2.45) is 0 Å². The highest BCUT2D eigenvalue weighted by atomic mass is 32.2. The van der Waals surface area contributed by atoms with Crippen LogP contribution in [0.4, 0.5) is 10.1 Å². The van der Waals surface area contributed by atoms with Gasteiger partial charge in [0, 0.05) is 12.2 Å². The molecule has 1 aliphatic heterocycles. The van der Waals surface area contributed by atoms with Crippen LogP contribution in [0.2, 0.25) is 0 Å². The highest BCUT2D eigenvalue weighted by molar-refractivity contribution is 8.05. The quantitative estimate of drug-likeness (QED) is 0.390. The number of nitriles is 1. The van der Waals surface area contributed by atoms with E-state index in [4.69, 9.17) is 4.74 Å². The van der Waals surface area contributed by atoms with Crippen molar-refractivity contribution in [3.63, 3.8) is 0 Å². The first-order chi connectivity index (χ1) is 17.0. The molecule has 0 spiro atoms. The van der Waals surface area contributed by atoms with Gasteiger partial charge in [-0.05, 0) is 53.9 Å². The molecule has 3 aromatic carbocycles. The summed E-state index contributed by atoms with van der Waals surface area (Å²) < 4.78 is 18.5. The molecule has 1 atom stereocenters. The van der Waals surface area contributed by atoms with Gasteiger partial charge < -0.3 is 10.1 Å². The minimum atomic E-state index is -0.581. The van der Waals surface area contributed by atoms with Gasteiger partial charge in [-0.3, -0.25) is 14.5 Å². The number of amides is 2. The number of methoxy groups -OCH3 is 1. The van der Waals surface area contributed by atoms with Crippen LogP contribution in [0.3, 0.4) is 0 Å². The van der Waals surface area contributed by atoms with E-state index in [1.807, 2.05) is 36.4 Å². The van der Waals surface area contributed by atoms with Gasteiger partial charge in [0.2, 0.25) is 5.91 Å². The van der Waals surface area contributed by atoms with E-state index in [1.165, 1.54) is 17.0 Å². The lowest BCUT2D eigenvalue weighted by molar-refractivity contribution is -0.117. The van der Waals surface area contributed by atoms with E-state index in [-0.39, 0.29) is 28.9 Å². The molecule has 1 saturated heterocycles. The summed E-state index contributed by atoms with van der Waals surface area (Å²) in [5, 5.41) is 12.4. The maximum atomic E-state index is 13.5. The first kappa shape index (κ1) is 24.0. The van der Waals surface area contributed by atoms with Crippen LogP contribution in [0.15, 0.2) is 89.5 Å². The molecule has 0 saturated carbocycles. The fourth-order valence-electron chi connectivity index (χ4n) is 3.65. The van der Waals surface area contributed by atoms with E-state index in [9.17, 15) is 19.2 Å². The molecule has 0 bridgehead atoms. The van der Waals surface area contributed by atoms with Gasteiger partial charge in [-0.1, -0.05) is 54.2 Å². The molecule has 1 fully saturated rings. The summed E-state index contributed by atoms with van der Waals surface area (Å²) in [5.41, 5.74) is 2.04. The topological polar surface area (TPSA) is 82.4 Å². The number of anilines is 1. The summed E-state index contributed by atoms with van der Waals surface area (Å²) >= 11 is 1.16.